The molecule has 0 aromatic heterocycles. The molecule has 1 saturated carbocycles. The van der Waals surface area contributed by atoms with E-state index in [4.69, 9.17) is 5.73 Å². The predicted octanol–water partition coefficient (Wildman–Crippen LogP) is -0.579. The third-order valence-corrected chi connectivity index (χ3v) is 2.93. The fourth-order valence-electron chi connectivity index (χ4n) is 1.79. The molecule has 0 bridgehead atoms. The minimum atomic E-state index is 0. The van der Waals surface area contributed by atoms with Gasteiger partial charge in [0.15, 0.2) is 0 Å². The number of hydrogen-bond donors (Lipinski definition) is 1. The topological polar surface area (TPSA) is 26.0 Å². The van der Waals surface area contributed by atoms with E-state index in [-0.39, 0.29) is 25.8 Å². The summed E-state index contributed by atoms with van der Waals surface area (Å²) in [6.45, 7) is 4.48. The van der Waals surface area contributed by atoms with Crippen LogP contribution in [0.15, 0.2) is 0 Å². The van der Waals surface area contributed by atoms with Crippen LogP contribution >= 0.6 is 0 Å². The van der Waals surface area contributed by atoms with Crippen LogP contribution in [-0.4, -0.2) is 5.54 Å². The summed E-state index contributed by atoms with van der Waals surface area (Å²) < 4.78 is 0. The van der Waals surface area contributed by atoms with Crippen LogP contribution < -0.4 is 24.6 Å². The summed E-state index contributed by atoms with van der Waals surface area (Å²) in [6, 6.07) is 0. The molecule has 0 saturated heterocycles. The SMILES string of the molecule is CC(C)C1(N)CCCCC1.[H-].[Li+]. The van der Waals surface area contributed by atoms with Crippen molar-refractivity contribution in [1.29, 1.82) is 0 Å². The second-order valence-electron chi connectivity index (χ2n) is 3.95. The van der Waals surface area contributed by atoms with Crippen molar-refractivity contribution >= 4 is 0 Å². The van der Waals surface area contributed by atoms with Crippen LogP contribution in [0.1, 0.15) is 47.4 Å². The maximum absolute atomic E-state index is 6.20. The van der Waals surface area contributed by atoms with Gasteiger partial charge in [-0.15, -0.1) is 0 Å². The fourth-order valence-corrected chi connectivity index (χ4v) is 1.79. The molecule has 0 radical (unpaired) electrons. The van der Waals surface area contributed by atoms with Crippen molar-refractivity contribution in [2.75, 3.05) is 0 Å². The molecule has 1 rings (SSSR count). The molecule has 62 valence electrons. The second kappa shape index (κ2) is 4.55. The fraction of sp³-hybridized carbons (Fsp3) is 1.00. The van der Waals surface area contributed by atoms with Gasteiger partial charge in [0.2, 0.25) is 0 Å². The molecule has 0 aromatic rings. The Morgan fingerprint density at radius 3 is 1.91 bits per heavy atom. The van der Waals surface area contributed by atoms with Crippen molar-refractivity contribution in [3.8, 4) is 0 Å². The van der Waals surface area contributed by atoms with E-state index in [1.54, 1.807) is 0 Å². The van der Waals surface area contributed by atoms with E-state index in [2.05, 4.69) is 13.8 Å². The minimum Gasteiger partial charge on any atom is -1.00 e. The molecule has 0 amide bonds. The summed E-state index contributed by atoms with van der Waals surface area (Å²) in [6.07, 6.45) is 6.56. The molecule has 1 nitrogen and oxygen atoms in total. The Balaban J connectivity index is 0. The van der Waals surface area contributed by atoms with Crippen LogP contribution in [0.4, 0.5) is 0 Å². The first-order valence-corrected chi connectivity index (χ1v) is 4.44. The van der Waals surface area contributed by atoms with Gasteiger partial charge in [0.05, 0.1) is 0 Å². The van der Waals surface area contributed by atoms with Crippen LogP contribution in [0.2, 0.25) is 0 Å². The first-order valence-electron chi connectivity index (χ1n) is 4.44. The van der Waals surface area contributed by atoms with Gasteiger partial charge in [-0.2, -0.15) is 0 Å². The van der Waals surface area contributed by atoms with Crippen LogP contribution in [-0.2, 0) is 0 Å². The van der Waals surface area contributed by atoms with Crippen molar-refractivity contribution in [3.63, 3.8) is 0 Å². The van der Waals surface area contributed by atoms with Crippen LogP contribution in [0.25, 0.3) is 0 Å². The number of nitrogens with two attached hydrogens (primary N) is 1. The van der Waals surface area contributed by atoms with Gasteiger partial charge in [0.1, 0.15) is 0 Å². The van der Waals surface area contributed by atoms with Gasteiger partial charge in [-0.25, -0.2) is 0 Å². The Bertz CT molecular complexity index is 111. The molecule has 11 heavy (non-hydrogen) atoms. The second-order valence-corrected chi connectivity index (χ2v) is 3.95. The van der Waals surface area contributed by atoms with Crippen molar-refractivity contribution in [3.05, 3.63) is 0 Å². The molecule has 1 fully saturated rings. The molecule has 1 aliphatic carbocycles. The van der Waals surface area contributed by atoms with Gasteiger partial charge in [-0.1, -0.05) is 33.1 Å². The molecule has 0 spiro atoms. The third-order valence-electron chi connectivity index (χ3n) is 2.93. The molecule has 2 heteroatoms. The Kier molecular flexibility index (Phi) is 4.78. The average Bonchev–Trinajstić information content (AvgIpc) is 1.89. The van der Waals surface area contributed by atoms with Gasteiger partial charge >= 0.3 is 18.9 Å². The van der Waals surface area contributed by atoms with E-state index in [0.29, 0.717) is 5.92 Å². The summed E-state index contributed by atoms with van der Waals surface area (Å²) in [5.74, 6) is 0.660. The molecule has 2 N–H and O–H groups in total. The maximum atomic E-state index is 6.20. The minimum absolute atomic E-state index is 0. The standard InChI is InChI=1S/C9H19N.Li.H/c1-8(2)9(10)6-4-3-5-7-9;;/h8H,3-7,10H2,1-2H3;;/q;+1;-1. The predicted molar refractivity (Wildman–Crippen MR) is 46.0 cm³/mol. The van der Waals surface area contributed by atoms with Crippen LogP contribution in [0.3, 0.4) is 0 Å². The summed E-state index contributed by atoms with van der Waals surface area (Å²) in [4.78, 5) is 0. The Labute approximate surface area is 83.8 Å². The molecule has 0 unspecified atom stereocenters. The summed E-state index contributed by atoms with van der Waals surface area (Å²) >= 11 is 0. The number of rotatable bonds is 1. The van der Waals surface area contributed by atoms with E-state index in [1.807, 2.05) is 0 Å². The molecule has 0 atom stereocenters. The monoisotopic (exact) mass is 149 g/mol. The van der Waals surface area contributed by atoms with E-state index >= 15 is 0 Å². The summed E-state index contributed by atoms with van der Waals surface area (Å²) in [5.41, 5.74) is 6.38. The van der Waals surface area contributed by atoms with Gasteiger partial charge < -0.3 is 7.16 Å². The molecule has 0 aliphatic heterocycles. The number of hydrogen-bond acceptors (Lipinski definition) is 1. The van der Waals surface area contributed by atoms with E-state index in [9.17, 15) is 0 Å². The van der Waals surface area contributed by atoms with Crippen molar-refractivity contribution < 1.29 is 20.3 Å². The Hall–Kier alpha value is 0.557. The van der Waals surface area contributed by atoms with E-state index in [0.717, 1.165) is 0 Å². The molecular weight excluding hydrogens is 129 g/mol. The molecular formula is C9H20LiN. The zero-order valence-corrected chi connectivity index (χ0v) is 8.19. The molecule has 0 aromatic carbocycles. The largest absolute Gasteiger partial charge is 1.00 e. The zero-order valence-electron chi connectivity index (χ0n) is 9.19. The average molecular weight is 149 g/mol. The first-order chi connectivity index (χ1) is 4.65. The zero-order chi connectivity index (χ0) is 7.61. The van der Waals surface area contributed by atoms with Gasteiger partial charge in [0.25, 0.3) is 0 Å². The van der Waals surface area contributed by atoms with Crippen LogP contribution in [0, 0.1) is 5.92 Å². The summed E-state index contributed by atoms with van der Waals surface area (Å²) in [5, 5.41) is 0. The normalized spacial score (nSPS) is 22.9. The third kappa shape index (κ3) is 2.82. The molecule has 0 heterocycles. The summed E-state index contributed by atoms with van der Waals surface area (Å²) in [7, 11) is 0. The van der Waals surface area contributed by atoms with Crippen molar-refractivity contribution in [1.82, 2.24) is 0 Å². The van der Waals surface area contributed by atoms with Gasteiger partial charge in [0, 0.05) is 5.54 Å². The Morgan fingerprint density at radius 2 is 1.64 bits per heavy atom. The Morgan fingerprint density at radius 1 is 1.18 bits per heavy atom. The van der Waals surface area contributed by atoms with E-state index < -0.39 is 0 Å². The van der Waals surface area contributed by atoms with Crippen LogP contribution in [0.5, 0.6) is 0 Å². The maximum Gasteiger partial charge on any atom is 1.00 e. The van der Waals surface area contributed by atoms with Gasteiger partial charge in [-0.05, 0) is 18.8 Å². The van der Waals surface area contributed by atoms with Crippen molar-refractivity contribution in [2.45, 2.75) is 51.5 Å². The smallest absolute Gasteiger partial charge is 1.00 e. The quantitative estimate of drug-likeness (QED) is 0.496. The molecule has 1 aliphatic rings. The van der Waals surface area contributed by atoms with E-state index in [1.165, 1.54) is 32.1 Å². The van der Waals surface area contributed by atoms with Gasteiger partial charge in [-0.3, -0.25) is 0 Å². The first kappa shape index (κ1) is 11.6. The van der Waals surface area contributed by atoms with Crippen molar-refractivity contribution in [2.24, 2.45) is 11.7 Å².